The first-order chi connectivity index (χ1) is 12.2. The molecule has 0 spiro atoms. The first kappa shape index (κ1) is 17.0. The SMILES string of the molecule is COC(=O)c1c(Cl)c(C2CC2)nc2c3c(C)cc(C(F)(F)F)nc3nn12. The summed E-state index contributed by atoms with van der Waals surface area (Å²) in [7, 11) is 1.19. The molecule has 10 heteroatoms. The molecule has 0 aliphatic heterocycles. The maximum absolute atomic E-state index is 13.0. The van der Waals surface area contributed by atoms with Crippen LogP contribution in [0.4, 0.5) is 13.2 Å². The Balaban J connectivity index is 2.12. The second-order valence-corrected chi connectivity index (χ2v) is 6.56. The number of esters is 1. The van der Waals surface area contributed by atoms with E-state index in [9.17, 15) is 18.0 Å². The van der Waals surface area contributed by atoms with Gasteiger partial charge in [-0.1, -0.05) is 11.6 Å². The van der Waals surface area contributed by atoms with Gasteiger partial charge in [-0.25, -0.2) is 19.3 Å². The highest BCUT2D eigenvalue weighted by molar-refractivity contribution is 6.34. The number of nitrogens with zero attached hydrogens (tertiary/aromatic N) is 4. The van der Waals surface area contributed by atoms with Gasteiger partial charge in [0.1, 0.15) is 5.69 Å². The Labute approximate surface area is 149 Å². The van der Waals surface area contributed by atoms with E-state index in [0.717, 1.165) is 23.4 Å². The van der Waals surface area contributed by atoms with Gasteiger partial charge in [0.2, 0.25) is 0 Å². The van der Waals surface area contributed by atoms with Gasteiger partial charge in [-0.15, -0.1) is 5.10 Å². The zero-order chi connectivity index (χ0) is 18.8. The Morgan fingerprint density at radius 3 is 2.62 bits per heavy atom. The van der Waals surface area contributed by atoms with Crippen LogP contribution in [0.25, 0.3) is 16.7 Å². The topological polar surface area (TPSA) is 69.4 Å². The Kier molecular flexibility index (Phi) is 3.62. The highest BCUT2D eigenvalue weighted by Gasteiger charge is 2.35. The summed E-state index contributed by atoms with van der Waals surface area (Å²) >= 11 is 6.34. The number of carbonyl (C=O) groups excluding carboxylic acids is 1. The van der Waals surface area contributed by atoms with Gasteiger partial charge in [-0.3, -0.25) is 0 Å². The fourth-order valence-corrected chi connectivity index (χ4v) is 3.29. The van der Waals surface area contributed by atoms with Gasteiger partial charge >= 0.3 is 12.1 Å². The lowest BCUT2D eigenvalue weighted by Gasteiger charge is -2.09. The quantitative estimate of drug-likeness (QED) is 0.626. The zero-order valence-electron chi connectivity index (χ0n) is 13.7. The largest absolute Gasteiger partial charge is 0.464 e. The second kappa shape index (κ2) is 5.54. The number of fused-ring (bicyclic) bond motifs is 3. The number of aromatic nitrogens is 4. The van der Waals surface area contributed by atoms with E-state index in [1.165, 1.54) is 14.0 Å². The van der Waals surface area contributed by atoms with Gasteiger partial charge < -0.3 is 4.74 Å². The second-order valence-electron chi connectivity index (χ2n) is 6.18. The number of alkyl halides is 3. The number of pyridine rings is 1. The number of methoxy groups -OCH3 is 1. The minimum Gasteiger partial charge on any atom is -0.464 e. The van der Waals surface area contributed by atoms with Crippen molar-refractivity contribution in [2.24, 2.45) is 0 Å². The van der Waals surface area contributed by atoms with Crippen LogP contribution in [0.2, 0.25) is 5.02 Å². The molecule has 1 saturated carbocycles. The molecule has 0 radical (unpaired) electrons. The highest BCUT2D eigenvalue weighted by Crippen LogP contribution is 2.44. The third-order valence-corrected chi connectivity index (χ3v) is 4.69. The van der Waals surface area contributed by atoms with Crippen LogP contribution >= 0.6 is 11.6 Å². The van der Waals surface area contributed by atoms with E-state index in [0.29, 0.717) is 16.6 Å². The molecule has 6 nitrogen and oxygen atoms in total. The van der Waals surface area contributed by atoms with Gasteiger partial charge in [0.25, 0.3) is 0 Å². The zero-order valence-corrected chi connectivity index (χ0v) is 14.4. The van der Waals surface area contributed by atoms with Crippen molar-refractivity contribution in [2.75, 3.05) is 7.11 Å². The standard InChI is InChI=1S/C16H12ClF3N4O2/c1-6-5-8(16(18,19)20)21-13-9(6)14-22-11(7-3-4-7)10(17)12(15(25)26-2)24(14)23-13/h5,7H,3-4H2,1-2H3. The van der Waals surface area contributed by atoms with Crippen LogP contribution in [0.3, 0.4) is 0 Å². The molecule has 26 heavy (non-hydrogen) atoms. The van der Waals surface area contributed by atoms with Crippen LogP contribution in [0.1, 0.15) is 46.2 Å². The molecule has 1 aliphatic carbocycles. The van der Waals surface area contributed by atoms with Crippen molar-refractivity contribution in [3.8, 4) is 0 Å². The third-order valence-electron chi connectivity index (χ3n) is 4.32. The smallest absolute Gasteiger partial charge is 0.433 e. The van der Waals surface area contributed by atoms with Gasteiger partial charge in [-0.2, -0.15) is 13.2 Å². The molecule has 0 atom stereocenters. The van der Waals surface area contributed by atoms with E-state index in [4.69, 9.17) is 16.3 Å². The van der Waals surface area contributed by atoms with E-state index in [-0.39, 0.29) is 27.9 Å². The Bertz CT molecular complexity index is 1070. The summed E-state index contributed by atoms with van der Waals surface area (Å²) in [5, 5.41) is 4.51. The van der Waals surface area contributed by atoms with E-state index < -0.39 is 17.8 Å². The molecule has 0 amide bonds. The molecule has 4 rings (SSSR count). The van der Waals surface area contributed by atoms with Crippen molar-refractivity contribution in [1.82, 2.24) is 19.6 Å². The number of carbonyl (C=O) groups is 1. The lowest BCUT2D eigenvalue weighted by molar-refractivity contribution is -0.141. The molecule has 0 N–H and O–H groups in total. The maximum Gasteiger partial charge on any atom is 0.433 e. The van der Waals surface area contributed by atoms with Crippen molar-refractivity contribution >= 4 is 34.3 Å². The van der Waals surface area contributed by atoms with Crippen LogP contribution in [-0.4, -0.2) is 32.7 Å². The van der Waals surface area contributed by atoms with Crippen LogP contribution in [-0.2, 0) is 10.9 Å². The molecule has 0 saturated heterocycles. The molecule has 0 aromatic carbocycles. The minimum absolute atomic E-state index is 0.0629. The fourth-order valence-electron chi connectivity index (χ4n) is 2.93. The average Bonchev–Trinajstić information content (AvgIpc) is 3.33. The normalized spacial score (nSPS) is 15.0. The number of ether oxygens (including phenoxy) is 1. The molecule has 3 heterocycles. The summed E-state index contributed by atoms with van der Waals surface area (Å²) in [5.41, 5.74) is -0.194. The first-order valence-corrected chi connectivity index (χ1v) is 8.15. The molecule has 0 bridgehead atoms. The minimum atomic E-state index is -4.61. The van der Waals surface area contributed by atoms with Crippen molar-refractivity contribution in [1.29, 1.82) is 0 Å². The number of aryl methyl sites for hydroxylation is 1. The van der Waals surface area contributed by atoms with Gasteiger partial charge in [0.05, 0.1) is 23.2 Å². The lowest BCUT2D eigenvalue weighted by Crippen LogP contribution is -2.13. The van der Waals surface area contributed by atoms with Crippen LogP contribution in [0.15, 0.2) is 6.07 Å². The van der Waals surface area contributed by atoms with E-state index in [2.05, 4.69) is 15.1 Å². The van der Waals surface area contributed by atoms with Crippen LogP contribution in [0.5, 0.6) is 0 Å². The van der Waals surface area contributed by atoms with Crippen molar-refractivity contribution in [3.63, 3.8) is 0 Å². The van der Waals surface area contributed by atoms with Crippen molar-refractivity contribution < 1.29 is 22.7 Å². The molecule has 136 valence electrons. The van der Waals surface area contributed by atoms with Gasteiger partial charge in [-0.05, 0) is 31.4 Å². The Morgan fingerprint density at radius 2 is 2.04 bits per heavy atom. The summed E-state index contributed by atoms with van der Waals surface area (Å²) in [4.78, 5) is 20.3. The molecule has 1 aliphatic rings. The highest BCUT2D eigenvalue weighted by atomic mass is 35.5. The van der Waals surface area contributed by atoms with E-state index in [1.54, 1.807) is 0 Å². The summed E-state index contributed by atoms with van der Waals surface area (Å²) in [5.74, 6) is -0.630. The number of halogens is 4. The van der Waals surface area contributed by atoms with Crippen LogP contribution in [0, 0.1) is 6.92 Å². The first-order valence-electron chi connectivity index (χ1n) is 7.77. The van der Waals surface area contributed by atoms with Crippen molar-refractivity contribution in [3.05, 3.63) is 33.7 Å². The summed E-state index contributed by atoms with van der Waals surface area (Å²) in [6.07, 6.45) is -2.85. The molecule has 3 aromatic rings. The predicted octanol–water partition coefficient (Wildman–Crippen LogP) is 3.92. The molecule has 1 fully saturated rings. The fraction of sp³-hybridized carbons (Fsp3) is 0.375. The van der Waals surface area contributed by atoms with Gasteiger partial charge in [0.15, 0.2) is 17.0 Å². The number of rotatable bonds is 2. The number of hydrogen-bond donors (Lipinski definition) is 0. The molecular weight excluding hydrogens is 373 g/mol. The molecule has 0 unspecified atom stereocenters. The summed E-state index contributed by atoms with van der Waals surface area (Å²) in [6.45, 7) is 1.52. The monoisotopic (exact) mass is 384 g/mol. The van der Waals surface area contributed by atoms with Gasteiger partial charge in [0, 0.05) is 5.92 Å². The molecule has 3 aromatic heterocycles. The maximum atomic E-state index is 13.0. The van der Waals surface area contributed by atoms with Crippen LogP contribution < -0.4 is 0 Å². The molecular formula is C16H12ClF3N4O2. The van der Waals surface area contributed by atoms with E-state index in [1.807, 2.05) is 0 Å². The Morgan fingerprint density at radius 1 is 1.35 bits per heavy atom. The lowest BCUT2D eigenvalue weighted by atomic mass is 10.1. The van der Waals surface area contributed by atoms with Crippen molar-refractivity contribution in [2.45, 2.75) is 31.9 Å². The third kappa shape index (κ3) is 2.49. The number of hydrogen-bond acceptors (Lipinski definition) is 5. The summed E-state index contributed by atoms with van der Waals surface area (Å²) in [6, 6.07) is 0.939. The predicted molar refractivity (Wildman–Crippen MR) is 86.4 cm³/mol. The Hall–Kier alpha value is -2.42. The average molecular weight is 385 g/mol. The van der Waals surface area contributed by atoms with E-state index >= 15 is 0 Å². The summed E-state index contributed by atoms with van der Waals surface area (Å²) < 4.78 is 45.0.